The van der Waals surface area contributed by atoms with Crippen LogP contribution in [0.4, 0.5) is 11.8 Å². The summed E-state index contributed by atoms with van der Waals surface area (Å²) in [7, 11) is 2.12. The molecule has 0 aliphatic carbocycles. The number of aromatic nitrogens is 6. The second-order valence-corrected chi connectivity index (χ2v) is 10.8. The lowest BCUT2D eigenvalue weighted by molar-refractivity contribution is -0.0871. The summed E-state index contributed by atoms with van der Waals surface area (Å²) in [6.45, 7) is 6.40. The molecule has 2 fully saturated rings. The SMILES string of the molecule is Cc1cc(CNc2nc(N)nc3cnn(Cc4ccc(C(=O)N5CC6(CN(C)C6)C5)c5cccnc45)c23)no1. The van der Waals surface area contributed by atoms with Gasteiger partial charge in [-0.3, -0.25) is 14.5 Å². The van der Waals surface area contributed by atoms with Crippen LogP contribution in [0.5, 0.6) is 0 Å². The normalized spacial score (nSPS) is 16.5. The largest absolute Gasteiger partial charge is 0.368 e. The summed E-state index contributed by atoms with van der Waals surface area (Å²) >= 11 is 0. The molecule has 0 atom stereocenters. The fourth-order valence-electron chi connectivity index (χ4n) is 6.02. The van der Waals surface area contributed by atoms with E-state index in [1.54, 1.807) is 12.4 Å². The van der Waals surface area contributed by atoms with E-state index in [1.165, 1.54) is 0 Å². The molecule has 0 bridgehead atoms. The van der Waals surface area contributed by atoms with Gasteiger partial charge < -0.3 is 25.4 Å². The predicted molar refractivity (Wildman–Crippen MR) is 145 cm³/mol. The van der Waals surface area contributed by atoms with Gasteiger partial charge in [0.05, 0.1) is 24.8 Å². The lowest BCUT2D eigenvalue weighted by Crippen LogP contribution is -2.72. The fourth-order valence-corrected chi connectivity index (χ4v) is 6.02. The van der Waals surface area contributed by atoms with Crippen LogP contribution in [0.2, 0.25) is 0 Å². The van der Waals surface area contributed by atoms with Gasteiger partial charge in [0, 0.05) is 54.8 Å². The molecule has 3 N–H and O–H groups in total. The lowest BCUT2D eigenvalue weighted by Gasteiger charge is -2.59. The summed E-state index contributed by atoms with van der Waals surface area (Å²) < 4.78 is 6.99. The van der Waals surface area contributed by atoms with Crippen LogP contribution in [0.3, 0.4) is 0 Å². The van der Waals surface area contributed by atoms with Crippen molar-refractivity contribution in [3.05, 3.63) is 65.3 Å². The molecule has 5 aromatic rings. The first-order valence-corrected chi connectivity index (χ1v) is 12.9. The highest BCUT2D eigenvalue weighted by atomic mass is 16.5. The van der Waals surface area contributed by atoms with E-state index in [-0.39, 0.29) is 17.3 Å². The summed E-state index contributed by atoms with van der Waals surface area (Å²) in [5.41, 5.74) is 10.7. The highest BCUT2D eigenvalue weighted by Crippen LogP contribution is 2.39. The van der Waals surface area contributed by atoms with Gasteiger partial charge in [-0.15, -0.1) is 0 Å². The Morgan fingerprint density at radius 2 is 2.03 bits per heavy atom. The monoisotopic (exact) mass is 524 g/mol. The molecule has 2 aliphatic rings. The number of amides is 1. The average Bonchev–Trinajstić information content (AvgIpc) is 3.49. The van der Waals surface area contributed by atoms with E-state index in [9.17, 15) is 4.79 Å². The maximum absolute atomic E-state index is 13.4. The number of fused-ring (bicyclic) bond motifs is 2. The quantitative estimate of drug-likeness (QED) is 0.339. The van der Waals surface area contributed by atoms with Crippen molar-refractivity contribution >= 4 is 39.6 Å². The van der Waals surface area contributed by atoms with Gasteiger partial charge in [-0.25, -0.2) is 4.98 Å². The molecule has 0 unspecified atom stereocenters. The van der Waals surface area contributed by atoms with E-state index in [0.717, 1.165) is 54.1 Å². The van der Waals surface area contributed by atoms with Crippen LogP contribution < -0.4 is 11.1 Å². The first-order valence-electron chi connectivity index (χ1n) is 12.9. The molecule has 2 aliphatic heterocycles. The Bertz CT molecular complexity index is 1730. The van der Waals surface area contributed by atoms with Gasteiger partial charge >= 0.3 is 0 Å². The van der Waals surface area contributed by atoms with Crippen molar-refractivity contribution in [3.8, 4) is 0 Å². The minimum absolute atomic E-state index is 0.0581. The van der Waals surface area contributed by atoms with Gasteiger partial charge in [-0.1, -0.05) is 17.3 Å². The zero-order valence-electron chi connectivity index (χ0n) is 21.8. The second kappa shape index (κ2) is 8.73. The molecule has 1 amide bonds. The highest BCUT2D eigenvalue weighted by Gasteiger charge is 2.52. The third kappa shape index (κ3) is 4.04. The number of carbonyl (C=O) groups excluding carboxylic acids is 1. The van der Waals surface area contributed by atoms with E-state index < -0.39 is 0 Å². The Morgan fingerprint density at radius 3 is 2.79 bits per heavy atom. The fraction of sp³-hybridized carbons (Fsp3) is 0.333. The molecule has 7 rings (SSSR count). The van der Waals surface area contributed by atoms with Crippen molar-refractivity contribution in [1.82, 2.24) is 39.7 Å². The first-order chi connectivity index (χ1) is 18.9. The Morgan fingerprint density at radius 1 is 1.18 bits per heavy atom. The zero-order chi connectivity index (χ0) is 26.7. The number of aryl methyl sites for hydroxylation is 1. The second-order valence-electron chi connectivity index (χ2n) is 10.8. The molecular weight excluding hydrogens is 496 g/mol. The number of anilines is 2. The molecule has 0 radical (unpaired) electrons. The summed E-state index contributed by atoms with van der Waals surface area (Å²) in [5, 5.41) is 12.7. The number of hydrogen-bond acceptors (Lipinski definition) is 10. The van der Waals surface area contributed by atoms with Crippen molar-refractivity contribution in [1.29, 1.82) is 0 Å². The Hall–Kier alpha value is -4.58. The third-order valence-electron chi connectivity index (χ3n) is 7.57. The molecule has 39 heavy (non-hydrogen) atoms. The number of carbonyl (C=O) groups is 1. The van der Waals surface area contributed by atoms with Crippen LogP contribution in [0.1, 0.15) is 27.4 Å². The molecule has 1 aromatic carbocycles. The van der Waals surface area contributed by atoms with Crippen LogP contribution in [-0.4, -0.2) is 78.8 Å². The average molecular weight is 525 g/mol. The third-order valence-corrected chi connectivity index (χ3v) is 7.57. The number of pyridine rings is 1. The van der Waals surface area contributed by atoms with Crippen LogP contribution in [0, 0.1) is 12.3 Å². The summed E-state index contributed by atoms with van der Waals surface area (Å²) in [5.74, 6) is 1.49. The molecule has 4 aromatic heterocycles. The Kier molecular flexibility index (Phi) is 5.27. The van der Waals surface area contributed by atoms with E-state index in [4.69, 9.17) is 10.3 Å². The van der Waals surface area contributed by atoms with Gasteiger partial charge in [0.1, 0.15) is 22.5 Å². The number of nitrogens with one attached hydrogen (secondary N) is 1. The van der Waals surface area contributed by atoms with E-state index >= 15 is 0 Å². The molecule has 6 heterocycles. The predicted octanol–water partition coefficient (Wildman–Crippen LogP) is 2.30. The molecule has 198 valence electrons. The topological polar surface area (TPSA) is 144 Å². The number of rotatable bonds is 6. The smallest absolute Gasteiger partial charge is 0.254 e. The van der Waals surface area contributed by atoms with Crippen LogP contribution in [0.15, 0.2) is 47.2 Å². The van der Waals surface area contributed by atoms with Crippen molar-refractivity contribution in [2.75, 3.05) is 44.3 Å². The van der Waals surface area contributed by atoms with Crippen LogP contribution in [-0.2, 0) is 13.1 Å². The minimum Gasteiger partial charge on any atom is -0.368 e. The number of benzene rings is 1. The van der Waals surface area contributed by atoms with E-state index in [2.05, 4.69) is 42.5 Å². The van der Waals surface area contributed by atoms with Crippen molar-refractivity contribution < 1.29 is 9.32 Å². The number of nitrogens with two attached hydrogens (primary N) is 1. The van der Waals surface area contributed by atoms with Crippen LogP contribution in [0.25, 0.3) is 21.9 Å². The van der Waals surface area contributed by atoms with Crippen molar-refractivity contribution in [2.24, 2.45) is 5.41 Å². The number of nitrogens with zero attached hydrogens (tertiary/aromatic N) is 8. The molecular formula is C27H28N10O2. The van der Waals surface area contributed by atoms with Crippen molar-refractivity contribution in [2.45, 2.75) is 20.0 Å². The minimum atomic E-state index is 0.0581. The van der Waals surface area contributed by atoms with Gasteiger partial charge in [0.25, 0.3) is 5.91 Å². The highest BCUT2D eigenvalue weighted by molar-refractivity contribution is 6.07. The maximum atomic E-state index is 13.4. The van der Waals surface area contributed by atoms with Gasteiger partial charge in [0.2, 0.25) is 5.95 Å². The number of nitrogen functional groups attached to an aromatic ring is 1. The molecule has 2 saturated heterocycles. The first kappa shape index (κ1) is 23.5. The van der Waals surface area contributed by atoms with Crippen molar-refractivity contribution in [3.63, 3.8) is 0 Å². The number of likely N-dealkylation sites (tertiary alicyclic amines) is 2. The van der Waals surface area contributed by atoms with Gasteiger partial charge in [-0.2, -0.15) is 10.1 Å². The van der Waals surface area contributed by atoms with Crippen LogP contribution >= 0.6 is 0 Å². The zero-order valence-corrected chi connectivity index (χ0v) is 21.8. The Balaban J connectivity index is 1.19. The van der Waals surface area contributed by atoms with Gasteiger partial charge in [-0.05, 0) is 31.7 Å². The Labute approximate surface area is 223 Å². The summed E-state index contributed by atoms with van der Waals surface area (Å²) in [4.78, 5) is 31.1. The molecule has 0 saturated carbocycles. The summed E-state index contributed by atoms with van der Waals surface area (Å²) in [6.07, 6.45) is 3.42. The molecule has 1 spiro atoms. The standard InChI is InChI=1S/C27H28N10O2/c1-16-8-18(34-39-16)9-30-24-23-21(32-26(28)33-24)10-31-37(23)11-17-5-6-20(19-4-3-7-29-22(17)19)25(38)36-14-27(15-36)12-35(2)13-27/h3-8,10H,9,11-15H2,1-2H3,(H3,28,30,32,33). The summed E-state index contributed by atoms with van der Waals surface area (Å²) in [6, 6.07) is 9.56. The number of hydrogen-bond donors (Lipinski definition) is 2. The molecule has 12 nitrogen and oxygen atoms in total. The van der Waals surface area contributed by atoms with E-state index in [0.29, 0.717) is 35.5 Å². The van der Waals surface area contributed by atoms with E-state index in [1.807, 2.05) is 46.8 Å². The lowest BCUT2D eigenvalue weighted by atomic mass is 9.73. The molecule has 12 heteroatoms. The maximum Gasteiger partial charge on any atom is 0.254 e. The van der Waals surface area contributed by atoms with Gasteiger partial charge in [0.15, 0.2) is 5.82 Å².